The molecule has 1 fully saturated rings. The van der Waals surface area contributed by atoms with Gasteiger partial charge in [0.05, 0.1) is 0 Å². The molecule has 0 aromatic rings. The average Bonchev–Trinajstić information content (AvgIpc) is 2.38. The zero-order chi connectivity index (χ0) is 6.91. The first-order valence-electron chi connectivity index (χ1n) is 3.81. The highest BCUT2D eigenvalue weighted by molar-refractivity contribution is 7.39. The van der Waals surface area contributed by atoms with Crippen LogP contribution in [0.2, 0.25) is 0 Å². The summed E-state index contributed by atoms with van der Waals surface area (Å²) >= 11 is 0. The third kappa shape index (κ3) is 3.92. The lowest BCUT2D eigenvalue weighted by Crippen LogP contribution is -2.07. The van der Waals surface area contributed by atoms with Crippen LogP contribution in [0.25, 0.3) is 0 Å². The SMILES string of the molecule is CC(C)(C)CPC1CC1. The molecule has 1 saturated carbocycles. The van der Waals surface area contributed by atoms with Gasteiger partial charge in [-0.15, -0.1) is 8.58 Å². The highest BCUT2D eigenvalue weighted by atomic mass is 31.1. The van der Waals surface area contributed by atoms with Crippen molar-refractivity contribution in [2.45, 2.75) is 39.3 Å². The van der Waals surface area contributed by atoms with E-state index in [0.717, 1.165) is 5.66 Å². The fourth-order valence-corrected chi connectivity index (χ4v) is 2.21. The first-order chi connectivity index (χ1) is 4.08. The smallest absolute Gasteiger partial charge is 0.0236 e. The van der Waals surface area contributed by atoms with E-state index >= 15 is 0 Å². The van der Waals surface area contributed by atoms with Crippen LogP contribution in [-0.2, 0) is 0 Å². The Labute approximate surface area is 60.2 Å². The van der Waals surface area contributed by atoms with Crippen LogP contribution in [0, 0.1) is 5.41 Å². The molecule has 0 bridgehead atoms. The molecule has 0 radical (unpaired) electrons. The summed E-state index contributed by atoms with van der Waals surface area (Å²) < 4.78 is 0. The molecule has 0 amide bonds. The van der Waals surface area contributed by atoms with Crippen molar-refractivity contribution in [1.82, 2.24) is 0 Å². The molecule has 1 aliphatic carbocycles. The summed E-state index contributed by atoms with van der Waals surface area (Å²) in [6, 6.07) is 0. The van der Waals surface area contributed by atoms with E-state index in [2.05, 4.69) is 20.8 Å². The van der Waals surface area contributed by atoms with E-state index < -0.39 is 0 Å². The van der Waals surface area contributed by atoms with Crippen molar-refractivity contribution >= 4 is 8.58 Å². The second kappa shape index (κ2) is 2.58. The van der Waals surface area contributed by atoms with Crippen LogP contribution in [0.15, 0.2) is 0 Å². The van der Waals surface area contributed by atoms with Gasteiger partial charge < -0.3 is 0 Å². The summed E-state index contributed by atoms with van der Waals surface area (Å²) in [5.41, 5.74) is 1.73. The highest BCUT2D eigenvalue weighted by Crippen LogP contribution is 2.42. The quantitative estimate of drug-likeness (QED) is 0.523. The Hall–Kier alpha value is 0.430. The van der Waals surface area contributed by atoms with Gasteiger partial charge in [-0.2, -0.15) is 0 Å². The molecule has 1 rings (SSSR count). The van der Waals surface area contributed by atoms with Gasteiger partial charge >= 0.3 is 0 Å². The molecular formula is C8H17P. The third-order valence-electron chi connectivity index (χ3n) is 1.50. The first kappa shape index (κ1) is 7.54. The van der Waals surface area contributed by atoms with Gasteiger partial charge in [0.1, 0.15) is 0 Å². The summed E-state index contributed by atoms with van der Waals surface area (Å²) in [6.45, 7) is 7.01. The van der Waals surface area contributed by atoms with E-state index in [1.54, 1.807) is 0 Å². The van der Waals surface area contributed by atoms with Gasteiger partial charge in [0, 0.05) is 0 Å². The zero-order valence-electron chi connectivity index (χ0n) is 6.70. The summed E-state index contributed by atoms with van der Waals surface area (Å²) in [7, 11) is 1.25. The Morgan fingerprint density at radius 1 is 1.33 bits per heavy atom. The van der Waals surface area contributed by atoms with Crippen molar-refractivity contribution < 1.29 is 0 Å². The van der Waals surface area contributed by atoms with E-state index in [-0.39, 0.29) is 0 Å². The molecule has 0 aromatic heterocycles. The van der Waals surface area contributed by atoms with Crippen LogP contribution in [0.4, 0.5) is 0 Å². The molecule has 1 unspecified atom stereocenters. The fraction of sp³-hybridized carbons (Fsp3) is 1.00. The predicted octanol–water partition coefficient (Wildman–Crippen LogP) is 2.87. The lowest BCUT2D eigenvalue weighted by atomic mass is 10.0. The van der Waals surface area contributed by atoms with Crippen molar-refractivity contribution in [3.8, 4) is 0 Å². The summed E-state index contributed by atoms with van der Waals surface area (Å²) in [4.78, 5) is 0. The van der Waals surface area contributed by atoms with Crippen LogP contribution >= 0.6 is 8.58 Å². The van der Waals surface area contributed by atoms with Crippen molar-refractivity contribution in [1.29, 1.82) is 0 Å². The van der Waals surface area contributed by atoms with Gasteiger partial charge in [-0.05, 0) is 30.1 Å². The molecule has 0 aromatic carbocycles. The molecule has 0 nitrogen and oxygen atoms in total. The predicted molar refractivity (Wildman–Crippen MR) is 45.7 cm³/mol. The van der Waals surface area contributed by atoms with Crippen LogP contribution < -0.4 is 0 Å². The van der Waals surface area contributed by atoms with E-state index in [1.165, 1.54) is 27.6 Å². The zero-order valence-corrected chi connectivity index (χ0v) is 7.70. The first-order valence-corrected chi connectivity index (χ1v) is 5.10. The standard InChI is InChI=1S/C8H17P/c1-8(2,3)6-9-7-4-5-7/h7,9H,4-6H2,1-3H3. The maximum Gasteiger partial charge on any atom is -0.0236 e. The Bertz CT molecular complexity index is 87.2. The van der Waals surface area contributed by atoms with Crippen LogP contribution in [-0.4, -0.2) is 11.8 Å². The molecule has 1 heteroatoms. The second-order valence-electron chi connectivity index (χ2n) is 4.22. The minimum Gasteiger partial charge on any atom is -0.118 e. The van der Waals surface area contributed by atoms with Crippen molar-refractivity contribution in [3.63, 3.8) is 0 Å². The normalized spacial score (nSPS) is 21.7. The van der Waals surface area contributed by atoms with Crippen LogP contribution in [0.5, 0.6) is 0 Å². The average molecular weight is 144 g/mol. The van der Waals surface area contributed by atoms with E-state index in [1.807, 2.05) is 0 Å². The molecule has 0 N–H and O–H groups in total. The number of rotatable bonds is 2. The summed E-state index contributed by atoms with van der Waals surface area (Å²) in [5, 5.41) is 0. The Morgan fingerprint density at radius 2 is 1.89 bits per heavy atom. The van der Waals surface area contributed by atoms with E-state index in [0.29, 0.717) is 5.41 Å². The van der Waals surface area contributed by atoms with Crippen molar-refractivity contribution in [3.05, 3.63) is 0 Å². The number of hydrogen-bond acceptors (Lipinski definition) is 0. The van der Waals surface area contributed by atoms with E-state index in [4.69, 9.17) is 0 Å². The Morgan fingerprint density at radius 3 is 2.22 bits per heavy atom. The molecule has 9 heavy (non-hydrogen) atoms. The third-order valence-corrected chi connectivity index (χ3v) is 3.92. The molecule has 54 valence electrons. The Balaban J connectivity index is 2.03. The second-order valence-corrected chi connectivity index (χ2v) is 5.79. The molecule has 1 atom stereocenters. The van der Waals surface area contributed by atoms with E-state index in [9.17, 15) is 0 Å². The number of hydrogen-bond donors (Lipinski definition) is 0. The minimum atomic E-state index is 0.584. The summed E-state index contributed by atoms with van der Waals surface area (Å²) in [6.07, 6.45) is 4.49. The maximum atomic E-state index is 2.34. The summed E-state index contributed by atoms with van der Waals surface area (Å²) in [5.74, 6) is 0. The fourth-order valence-electron chi connectivity index (χ4n) is 0.738. The van der Waals surface area contributed by atoms with Gasteiger partial charge in [-0.1, -0.05) is 20.8 Å². The molecule has 0 aliphatic heterocycles. The molecule has 0 spiro atoms. The van der Waals surface area contributed by atoms with Crippen molar-refractivity contribution in [2.75, 3.05) is 6.16 Å². The molecule has 0 saturated heterocycles. The molecule has 0 heterocycles. The topological polar surface area (TPSA) is 0 Å². The van der Waals surface area contributed by atoms with Gasteiger partial charge in [0.25, 0.3) is 0 Å². The van der Waals surface area contributed by atoms with Gasteiger partial charge in [0.15, 0.2) is 0 Å². The highest BCUT2D eigenvalue weighted by Gasteiger charge is 2.23. The lowest BCUT2D eigenvalue weighted by Gasteiger charge is -2.17. The van der Waals surface area contributed by atoms with Crippen LogP contribution in [0.3, 0.4) is 0 Å². The van der Waals surface area contributed by atoms with Crippen LogP contribution in [0.1, 0.15) is 33.6 Å². The molecule has 1 aliphatic rings. The largest absolute Gasteiger partial charge is 0.118 e. The monoisotopic (exact) mass is 144 g/mol. The maximum absolute atomic E-state index is 2.34. The van der Waals surface area contributed by atoms with Gasteiger partial charge in [0.2, 0.25) is 0 Å². The minimum absolute atomic E-state index is 0.584. The lowest BCUT2D eigenvalue weighted by molar-refractivity contribution is 0.478. The van der Waals surface area contributed by atoms with Gasteiger partial charge in [-0.3, -0.25) is 0 Å². The Kier molecular flexibility index (Phi) is 2.16. The molecular weight excluding hydrogens is 127 g/mol. The van der Waals surface area contributed by atoms with Crippen molar-refractivity contribution in [2.24, 2.45) is 5.41 Å². The van der Waals surface area contributed by atoms with Gasteiger partial charge in [-0.25, -0.2) is 0 Å².